The van der Waals surface area contributed by atoms with Crippen LogP contribution in [0.15, 0.2) is 24.4 Å². The number of halogens is 3. The molecule has 3 rings (SSSR count). The van der Waals surface area contributed by atoms with Crippen LogP contribution in [0.25, 0.3) is 0 Å². The van der Waals surface area contributed by atoms with Crippen molar-refractivity contribution in [2.45, 2.75) is 25.6 Å². The summed E-state index contributed by atoms with van der Waals surface area (Å²) in [6, 6.07) is 5.36. The summed E-state index contributed by atoms with van der Waals surface area (Å²) in [5.41, 5.74) is 1.69. The second-order valence-corrected chi connectivity index (χ2v) is 6.01. The first kappa shape index (κ1) is 17.8. The Morgan fingerprint density at radius 1 is 1.46 bits per heavy atom. The maximum Gasteiger partial charge on any atom is 0.573 e. The van der Waals surface area contributed by atoms with Crippen LogP contribution in [0.3, 0.4) is 0 Å². The molecule has 1 amide bonds. The van der Waals surface area contributed by atoms with Crippen LogP contribution in [0.1, 0.15) is 23.2 Å². The third-order valence-corrected chi connectivity index (χ3v) is 4.34. The lowest BCUT2D eigenvalue weighted by Gasteiger charge is -2.22. The lowest BCUT2D eigenvalue weighted by atomic mass is 9.87. The van der Waals surface area contributed by atoms with Gasteiger partial charge < -0.3 is 10.1 Å². The third kappa shape index (κ3) is 3.64. The molecule has 1 N–H and O–H groups in total. The quantitative estimate of drug-likeness (QED) is 0.908. The minimum absolute atomic E-state index is 0.00458. The molecule has 26 heavy (non-hydrogen) atoms. The molecule has 1 aliphatic carbocycles. The van der Waals surface area contributed by atoms with Gasteiger partial charge in [0.1, 0.15) is 17.4 Å². The van der Waals surface area contributed by atoms with E-state index in [-0.39, 0.29) is 23.1 Å². The van der Waals surface area contributed by atoms with E-state index in [1.807, 2.05) is 0 Å². The Kier molecular flexibility index (Phi) is 4.59. The summed E-state index contributed by atoms with van der Waals surface area (Å²) in [6.45, 7) is 0. The highest BCUT2D eigenvalue weighted by Crippen LogP contribution is 2.32. The summed E-state index contributed by atoms with van der Waals surface area (Å²) in [6.07, 6.45) is -1.37. The number of rotatable bonds is 3. The molecule has 1 aromatic carbocycles. The standard InChI is InChI=1S/C17H15F3N4O2/c1-24-14-7-10(5-6-11(14)9-22-24)16(25)23-13-3-2-4-15(12(13)8-21)26-17(18,19)20/h2-4,9-10H,5-7H2,1H3,(H,23,25). The van der Waals surface area contributed by atoms with Crippen molar-refractivity contribution in [3.8, 4) is 11.8 Å². The summed E-state index contributed by atoms with van der Waals surface area (Å²) in [5, 5.41) is 15.9. The largest absolute Gasteiger partial charge is 0.573 e. The molecule has 0 aliphatic heterocycles. The number of amides is 1. The number of ether oxygens (including phenoxy) is 1. The molecule has 1 unspecified atom stereocenters. The summed E-state index contributed by atoms with van der Waals surface area (Å²) in [7, 11) is 1.80. The Labute approximate surface area is 147 Å². The number of benzene rings is 1. The van der Waals surface area contributed by atoms with Gasteiger partial charge in [0.2, 0.25) is 5.91 Å². The highest BCUT2D eigenvalue weighted by Gasteiger charge is 2.33. The highest BCUT2D eigenvalue weighted by molar-refractivity contribution is 5.94. The van der Waals surface area contributed by atoms with E-state index in [0.29, 0.717) is 19.3 Å². The molecule has 6 nitrogen and oxygen atoms in total. The van der Waals surface area contributed by atoms with Crippen molar-refractivity contribution in [1.82, 2.24) is 9.78 Å². The van der Waals surface area contributed by atoms with Crippen LogP contribution >= 0.6 is 0 Å². The Bertz CT molecular complexity index is 883. The average Bonchev–Trinajstić information content (AvgIpc) is 2.94. The number of hydrogen-bond donors (Lipinski definition) is 1. The predicted octanol–water partition coefficient (Wildman–Crippen LogP) is 2.93. The van der Waals surface area contributed by atoms with Gasteiger partial charge in [-0.25, -0.2) is 0 Å². The number of fused-ring (bicyclic) bond motifs is 1. The molecule has 0 fully saturated rings. The molecular weight excluding hydrogens is 349 g/mol. The molecule has 2 aromatic rings. The van der Waals surface area contributed by atoms with Gasteiger partial charge in [-0.05, 0) is 30.5 Å². The van der Waals surface area contributed by atoms with E-state index in [4.69, 9.17) is 0 Å². The first-order chi connectivity index (χ1) is 12.3. The smallest absolute Gasteiger partial charge is 0.404 e. The number of nitriles is 1. The van der Waals surface area contributed by atoms with Crippen molar-refractivity contribution in [3.63, 3.8) is 0 Å². The monoisotopic (exact) mass is 364 g/mol. The van der Waals surface area contributed by atoms with Crippen LogP contribution in [-0.2, 0) is 24.7 Å². The van der Waals surface area contributed by atoms with E-state index in [2.05, 4.69) is 15.2 Å². The number of hydrogen-bond acceptors (Lipinski definition) is 4. The Morgan fingerprint density at radius 3 is 2.92 bits per heavy atom. The first-order valence-electron chi connectivity index (χ1n) is 7.88. The van der Waals surface area contributed by atoms with Gasteiger partial charge in [-0.3, -0.25) is 9.48 Å². The lowest BCUT2D eigenvalue weighted by Crippen LogP contribution is -2.29. The summed E-state index contributed by atoms with van der Waals surface area (Å²) < 4.78 is 43.0. The zero-order valence-electron chi connectivity index (χ0n) is 13.8. The van der Waals surface area contributed by atoms with Gasteiger partial charge in [0.15, 0.2) is 0 Å². The van der Waals surface area contributed by atoms with E-state index in [0.717, 1.165) is 17.3 Å². The number of alkyl halides is 3. The zero-order valence-corrected chi connectivity index (χ0v) is 13.8. The van der Waals surface area contributed by atoms with Crippen LogP contribution in [0.2, 0.25) is 0 Å². The minimum atomic E-state index is -4.92. The molecule has 0 radical (unpaired) electrons. The van der Waals surface area contributed by atoms with Gasteiger partial charge in [0, 0.05) is 25.1 Å². The number of carbonyl (C=O) groups excluding carboxylic acids is 1. The van der Waals surface area contributed by atoms with Crippen LogP contribution < -0.4 is 10.1 Å². The molecule has 0 saturated heterocycles. The molecule has 0 saturated carbocycles. The van der Waals surface area contributed by atoms with E-state index >= 15 is 0 Å². The molecule has 1 heterocycles. The van der Waals surface area contributed by atoms with Crippen molar-refractivity contribution in [2.24, 2.45) is 13.0 Å². The zero-order chi connectivity index (χ0) is 18.9. The van der Waals surface area contributed by atoms with Crippen molar-refractivity contribution < 1.29 is 22.7 Å². The fraction of sp³-hybridized carbons (Fsp3) is 0.353. The van der Waals surface area contributed by atoms with Gasteiger partial charge in [-0.15, -0.1) is 13.2 Å². The third-order valence-electron chi connectivity index (χ3n) is 4.34. The van der Waals surface area contributed by atoms with E-state index in [1.54, 1.807) is 24.0 Å². The molecule has 1 atom stereocenters. The van der Waals surface area contributed by atoms with E-state index < -0.39 is 12.1 Å². The van der Waals surface area contributed by atoms with E-state index in [1.165, 1.54) is 12.1 Å². The van der Waals surface area contributed by atoms with Crippen LogP contribution in [0.4, 0.5) is 18.9 Å². The molecule has 136 valence electrons. The number of aryl methyl sites for hydroxylation is 2. The Morgan fingerprint density at radius 2 is 2.23 bits per heavy atom. The van der Waals surface area contributed by atoms with E-state index in [9.17, 15) is 23.2 Å². The molecular formula is C17H15F3N4O2. The Hall–Kier alpha value is -3.02. The number of carbonyl (C=O) groups is 1. The number of nitrogens with one attached hydrogen (secondary N) is 1. The average molecular weight is 364 g/mol. The van der Waals surface area contributed by atoms with Crippen molar-refractivity contribution in [3.05, 3.63) is 41.2 Å². The topological polar surface area (TPSA) is 79.9 Å². The summed E-state index contributed by atoms with van der Waals surface area (Å²) in [4.78, 5) is 12.6. The van der Waals surface area contributed by atoms with Crippen molar-refractivity contribution in [1.29, 1.82) is 5.26 Å². The van der Waals surface area contributed by atoms with Gasteiger partial charge in [0.05, 0.1) is 11.9 Å². The maximum absolute atomic E-state index is 12.6. The lowest BCUT2D eigenvalue weighted by molar-refractivity contribution is -0.274. The molecule has 0 spiro atoms. The normalized spacial score (nSPS) is 16.5. The highest BCUT2D eigenvalue weighted by atomic mass is 19.4. The van der Waals surface area contributed by atoms with Gasteiger partial charge in [-0.2, -0.15) is 10.4 Å². The first-order valence-corrected chi connectivity index (χ1v) is 7.88. The number of anilines is 1. The second kappa shape index (κ2) is 6.71. The van der Waals surface area contributed by atoms with Crippen LogP contribution in [0, 0.1) is 17.2 Å². The predicted molar refractivity (Wildman–Crippen MR) is 85.2 cm³/mol. The van der Waals surface area contributed by atoms with Crippen LogP contribution in [-0.4, -0.2) is 22.1 Å². The SMILES string of the molecule is Cn1ncc2c1CC(C(=O)Nc1cccc(OC(F)(F)F)c1C#N)CC2. The summed E-state index contributed by atoms with van der Waals surface area (Å²) in [5.74, 6) is -1.34. The number of aromatic nitrogens is 2. The molecule has 1 aromatic heterocycles. The van der Waals surface area contributed by atoms with Crippen molar-refractivity contribution >= 4 is 11.6 Å². The molecule has 9 heteroatoms. The Balaban J connectivity index is 1.79. The minimum Gasteiger partial charge on any atom is -0.404 e. The van der Waals surface area contributed by atoms with Gasteiger partial charge >= 0.3 is 6.36 Å². The van der Waals surface area contributed by atoms with Gasteiger partial charge in [-0.1, -0.05) is 6.07 Å². The molecule has 0 bridgehead atoms. The van der Waals surface area contributed by atoms with Crippen LogP contribution in [0.5, 0.6) is 5.75 Å². The number of nitrogens with zero attached hydrogens (tertiary/aromatic N) is 3. The maximum atomic E-state index is 12.6. The second-order valence-electron chi connectivity index (χ2n) is 6.01. The summed E-state index contributed by atoms with van der Waals surface area (Å²) >= 11 is 0. The molecule has 1 aliphatic rings. The van der Waals surface area contributed by atoms with Crippen molar-refractivity contribution in [2.75, 3.05) is 5.32 Å². The fourth-order valence-corrected chi connectivity index (χ4v) is 3.06. The van der Waals surface area contributed by atoms with Gasteiger partial charge in [0.25, 0.3) is 0 Å². The fourth-order valence-electron chi connectivity index (χ4n) is 3.06.